The normalized spacial score (nSPS) is 12.3. The van der Waals surface area contributed by atoms with Crippen molar-refractivity contribution in [2.45, 2.75) is 66.6 Å². The van der Waals surface area contributed by atoms with Gasteiger partial charge in [0.1, 0.15) is 0 Å². The van der Waals surface area contributed by atoms with E-state index >= 15 is 0 Å². The molecule has 3 rings (SSSR count). The molecule has 0 spiro atoms. The van der Waals surface area contributed by atoms with Gasteiger partial charge in [-0.25, -0.2) is 0 Å². The molecule has 0 saturated carbocycles. The molecule has 0 amide bonds. The van der Waals surface area contributed by atoms with Crippen molar-refractivity contribution >= 4 is 10.9 Å². The fourth-order valence-electron chi connectivity index (χ4n) is 3.76. The molecule has 1 atom stereocenters. The number of rotatable bonds is 9. The highest BCUT2D eigenvalue weighted by Crippen LogP contribution is 2.38. The standard InChI is InChI=1S/C26H31S/c1-3-5-15-22(14-4-2)25-20-12-13-21-26(25)27(23-16-8-6-9-17-23)24-18-10-7-11-19-24/h6-13,16-22H,3-5,14-15H2,1-2H3/q+1. The van der Waals surface area contributed by atoms with Gasteiger partial charge in [0.25, 0.3) is 0 Å². The van der Waals surface area contributed by atoms with Crippen LogP contribution >= 0.6 is 0 Å². The number of unbranched alkanes of at least 4 members (excludes halogenated alkanes) is 1. The van der Waals surface area contributed by atoms with Crippen LogP contribution in [0.4, 0.5) is 0 Å². The van der Waals surface area contributed by atoms with Crippen molar-refractivity contribution in [1.29, 1.82) is 0 Å². The fraction of sp³-hybridized carbons (Fsp3) is 0.308. The Hall–Kier alpha value is -1.99. The third-order valence-corrected chi connectivity index (χ3v) is 7.38. The Bertz CT molecular complexity index is 755. The summed E-state index contributed by atoms with van der Waals surface area (Å²) < 4.78 is 0. The molecule has 0 heterocycles. The van der Waals surface area contributed by atoms with Crippen molar-refractivity contribution in [2.75, 3.05) is 0 Å². The van der Waals surface area contributed by atoms with Crippen LogP contribution in [0.5, 0.6) is 0 Å². The third kappa shape index (κ3) is 5.05. The van der Waals surface area contributed by atoms with E-state index in [9.17, 15) is 0 Å². The van der Waals surface area contributed by atoms with E-state index in [1.165, 1.54) is 46.8 Å². The summed E-state index contributed by atoms with van der Waals surface area (Å²) in [6.45, 7) is 4.61. The van der Waals surface area contributed by atoms with E-state index in [1.807, 2.05) is 0 Å². The second-order valence-electron chi connectivity index (χ2n) is 7.10. The molecular weight excluding hydrogens is 344 g/mol. The number of benzene rings is 3. The first kappa shape index (κ1) is 19.8. The van der Waals surface area contributed by atoms with Crippen LogP contribution in [0, 0.1) is 0 Å². The Morgan fingerprint density at radius 1 is 0.630 bits per heavy atom. The lowest BCUT2D eigenvalue weighted by Crippen LogP contribution is -2.11. The Labute approximate surface area is 168 Å². The van der Waals surface area contributed by atoms with Crippen molar-refractivity contribution in [3.63, 3.8) is 0 Å². The number of hydrogen-bond donors (Lipinski definition) is 0. The molecule has 0 nitrogen and oxygen atoms in total. The van der Waals surface area contributed by atoms with Crippen LogP contribution in [-0.4, -0.2) is 0 Å². The summed E-state index contributed by atoms with van der Waals surface area (Å²) >= 11 is 0. The SMILES string of the molecule is CCCCC(CCC)c1ccccc1[S+](c1ccccc1)c1ccccc1. The Morgan fingerprint density at radius 3 is 1.74 bits per heavy atom. The van der Waals surface area contributed by atoms with Crippen LogP contribution in [0.15, 0.2) is 99.6 Å². The molecule has 0 N–H and O–H groups in total. The average molecular weight is 376 g/mol. The van der Waals surface area contributed by atoms with E-state index in [1.54, 1.807) is 5.56 Å². The summed E-state index contributed by atoms with van der Waals surface area (Å²) in [5.74, 6) is 0.661. The van der Waals surface area contributed by atoms with E-state index in [2.05, 4.69) is 98.8 Å². The molecule has 0 aliphatic carbocycles. The van der Waals surface area contributed by atoms with Gasteiger partial charge in [0.05, 0.1) is 10.9 Å². The minimum absolute atomic E-state index is 0.0559. The van der Waals surface area contributed by atoms with E-state index in [4.69, 9.17) is 0 Å². The van der Waals surface area contributed by atoms with Gasteiger partial charge < -0.3 is 0 Å². The van der Waals surface area contributed by atoms with Crippen molar-refractivity contribution < 1.29 is 0 Å². The Kier molecular flexibility index (Phi) is 7.59. The molecule has 27 heavy (non-hydrogen) atoms. The van der Waals surface area contributed by atoms with E-state index < -0.39 is 0 Å². The molecule has 1 heteroatoms. The lowest BCUT2D eigenvalue weighted by molar-refractivity contribution is 0.534. The number of hydrogen-bond acceptors (Lipinski definition) is 0. The zero-order chi connectivity index (χ0) is 18.9. The Morgan fingerprint density at radius 2 is 1.19 bits per heavy atom. The van der Waals surface area contributed by atoms with Gasteiger partial charge in [-0.1, -0.05) is 87.7 Å². The van der Waals surface area contributed by atoms with Crippen molar-refractivity contribution in [1.82, 2.24) is 0 Å². The highest BCUT2D eigenvalue weighted by molar-refractivity contribution is 7.97. The monoisotopic (exact) mass is 375 g/mol. The second kappa shape index (κ2) is 10.4. The highest BCUT2D eigenvalue weighted by Gasteiger charge is 2.32. The first-order valence-electron chi connectivity index (χ1n) is 10.3. The molecule has 0 aromatic heterocycles. The summed E-state index contributed by atoms with van der Waals surface area (Å²) in [6, 6.07) is 31.2. The first-order chi connectivity index (χ1) is 13.3. The minimum Gasteiger partial charge on any atom is -0.0654 e. The van der Waals surface area contributed by atoms with Gasteiger partial charge >= 0.3 is 0 Å². The zero-order valence-corrected chi connectivity index (χ0v) is 17.4. The summed E-state index contributed by atoms with van der Waals surface area (Å²) in [5, 5.41) is 0. The summed E-state index contributed by atoms with van der Waals surface area (Å²) in [5.41, 5.74) is 1.56. The predicted octanol–water partition coefficient (Wildman–Crippen LogP) is 7.86. The van der Waals surface area contributed by atoms with Gasteiger partial charge in [0.2, 0.25) is 0 Å². The molecular formula is C26H31S+. The van der Waals surface area contributed by atoms with E-state index in [0.29, 0.717) is 5.92 Å². The minimum atomic E-state index is -0.0559. The molecule has 0 radical (unpaired) electrons. The molecule has 3 aromatic rings. The van der Waals surface area contributed by atoms with E-state index in [0.717, 1.165) is 0 Å². The first-order valence-corrected chi connectivity index (χ1v) is 11.5. The molecule has 0 aliphatic rings. The van der Waals surface area contributed by atoms with Crippen molar-refractivity contribution in [3.8, 4) is 0 Å². The largest absolute Gasteiger partial charge is 0.170 e. The molecule has 1 unspecified atom stereocenters. The van der Waals surface area contributed by atoms with Crippen LogP contribution in [0.3, 0.4) is 0 Å². The van der Waals surface area contributed by atoms with Gasteiger partial charge in [0.15, 0.2) is 14.7 Å². The van der Waals surface area contributed by atoms with Crippen LogP contribution in [0.25, 0.3) is 0 Å². The Balaban J connectivity index is 2.10. The smallest absolute Gasteiger partial charge is 0.0654 e. The van der Waals surface area contributed by atoms with Crippen LogP contribution in [0.2, 0.25) is 0 Å². The maximum Gasteiger partial charge on any atom is 0.170 e. The fourth-order valence-corrected chi connectivity index (χ4v) is 6.08. The summed E-state index contributed by atoms with van der Waals surface area (Å²) in [7, 11) is -0.0559. The third-order valence-electron chi connectivity index (χ3n) is 5.08. The van der Waals surface area contributed by atoms with Crippen LogP contribution in [0.1, 0.15) is 57.4 Å². The van der Waals surface area contributed by atoms with Gasteiger partial charge in [-0.2, -0.15) is 0 Å². The molecule has 0 bridgehead atoms. The van der Waals surface area contributed by atoms with Gasteiger partial charge in [-0.3, -0.25) is 0 Å². The lowest BCUT2D eigenvalue weighted by atomic mass is 9.90. The van der Waals surface area contributed by atoms with Crippen molar-refractivity contribution in [2.24, 2.45) is 0 Å². The van der Waals surface area contributed by atoms with Gasteiger partial charge in [0, 0.05) is 5.56 Å². The second-order valence-corrected chi connectivity index (χ2v) is 9.09. The zero-order valence-electron chi connectivity index (χ0n) is 16.6. The topological polar surface area (TPSA) is 0 Å². The van der Waals surface area contributed by atoms with Crippen LogP contribution < -0.4 is 0 Å². The molecule has 3 aromatic carbocycles. The van der Waals surface area contributed by atoms with Crippen molar-refractivity contribution in [3.05, 3.63) is 90.5 Å². The predicted molar refractivity (Wildman–Crippen MR) is 119 cm³/mol. The van der Waals surface area contributed by atoms with Crippen LogP contribution in [-0.2, 0) is 10.9 Å². The quantitative estimate of drug-likeness (QED) is 0.334. The molecule has 0 fully saturated rings. The van der Waals surface area contributed by atoms with E-state index in [-0.39, 0.29) is 10.9 Å². The molecule has 0 saturated heterocycles. The molecule has 0 aliphatic heterocycles. The average Bonchev–Trinajstić information content (AvgIpc) is 2.73. The maximum absolute atomic E-state index is 2.39. The van der Waals surface area contributed by atoms with Gasteiger partial charge in [-0.15, -0.1) is 0 Å². The summed E-state index contributed by atoms with van der Waals surface area (Å²) in [4.78, 5) is 4.31. The molecule has 140 valence electrons. The van der Waals surface area contributed by atoms with Gasteiger partial charge in [-0.05, 0) is 49.1 Å². The maximum atomic E-state index is 2.39. The lowest BCUT2D eigenvalue weighted by Gasteiger charge is -2.19. The highest BCUT2D eigenvalue weighted by atomic mass is 32.2. The summed E-state index contributed by atoms with van der Waals surface area (Å²) in [6.07, 6.45) is 6.39.